The van der Waals surface area contributed by atoms with Crippen LogP contribution in [0, 0.1) is 5.82 Å². The fraction of sp³-hybridized carbons (Fsp3) is 0.500. The fourth-order valence-electron chi connectivity index (χ4n) is 2.17. The lowest BCUT2D eigenvalue weighted by atomic mass is 9.85. The van der Waals surface area contributed by atoms with Crippen LogP contribution in [0.1, 0.15) is 32.8 Å². The van der Waals surface area contributed by atoms with Crippen molar-refractivity contribution < 1.29 is 18.1 Å². The van der Waals surface area contributed by atoms with E-state index in [4.69, 9.17) is 10.5 Å². The number of primary amides is 1. The van der Waals surface area contributed by atoms with Gasteiger partial charge < -0.3 is 10.5 Å². The Morgan fingerprint density at radius 3 is 2.68 bits per heavy atom. The molecule has 1 aliphatic heterocycles. The highest BCUT2D eigenvalue weighted by Crippen LogP contribution is 2.41. The van der Waals surface area contributed by atoms with E-state index >= 15 is 0 Å². The van der Waals surface area contributed by atoms with Gasteiger partial charge in [0.2, 0.25) is 5.91 Å². The van der Waals surface area contributed by atoms with Gasteiger partial charge in [0.15, 0.2) is 11.6 Å². The zero-order chi connectivity index (χ0) is 16.7. The highest BCUT2D eigenvalue weighted by molar-refractivity contribution is 9.10. The topological polar surface area (TPSA) is 81.4 Å². The van der Waals surface area contributed by atoms with Crippen molar-refractivity contribution in [1.29, 1.82) is 0 Å². The van der Waals surface area contributed by atoms with E-state index in [0.29, 0.717) is 0 Å². The second kappa shape index (κ2) is 5.90. The van der Waals surface area contributed by atoms with Crippen LogP contribution >= 0.6 is 15.9 Å². The highest BCUT2D eigenvalue weighted by Gasteiger charge is 2.47. The molecule has 1 heterocycles. The molecule has 0 saturated carbocycles. The van der Waals surface area contributed by atoms with Gasteiger partial charge in [0.05, 0.1) is 26.8 Å². The summed E-state index contributed by atoms with van der Waals surface area (Å²) < 4.78 is 34.5. The molecule has 0 aromatic heterocycles. The zero-order valence-corrected chi connectivity index (χ0v) is 14.9. The monoisotopic (exact) mass is 392 g/mol. The molecule has 0 saturated heterocycles. The van der Waals surface area contributed by atoms with E-state index < -0.39 is 33.0 Å². The number of carbonyl (C=O) groups is 1. The number of rotatable bonds is 3. The molecule has 5 nitrogen and oxygen atoms in total. The molecule has 2 unspecified atom stereocenters. The molecular formula is C14H18BrFN2O3S. The summed E-state index contributed by atoms with van der Waals surface area (Å²) in [6, 6.07) is 3.03. The number of ether oxygens (including phenoxy) is 1. The summed E-state index contributed by atoms with van der Waals surface area (Å²) in [4.78, 5) is 12.1. The van der Waals surface area contributed by atoms with E-state index in [1.165, 1.54) is 6.07 Å². The van der Waals surface area contributed by atoms with E-state index in [-0.39, 0.29) is 28.8 Å². The third-order valence-corrected chi connectivity index (χ3v) is 5.74. The molecule has 2 rings (SSSR count). The van der Waals surface area contributed by atoms with Gasteiger partial charge in [-0.1, -0.05) is 6.07 Å². The van der Waals surface area contributed by atoms with E-state index in [9.17, 15) is 13.4 Å². The van der Waals surface area contributed by atoms with Crippen molar-refractivity contribution in [2.75, 3.05) is 6.61 Å². The van der Waals surface area contributed by atoms with E-state index in [1.807, 2.05) is 0 Å². The fourth-order valence-corrected chi connectivity index (χ4v) is 3.42. The molecule has 0 aliphatic carbocycles. The van der Waals surface area contributed by atoms with Crippen LogP contribution in [0.15, 0.2) is 16.6 Å². The van der Waals surface area contributed by atoms with Gasteiger partial charge in [-0.25, -0.2) is 13.3 Å². The van der Waals surface area contributed by atoms with Crippen LogP contribution in [0.25, 0.3) is 0 Å². The summed E-state index contributed by atoms with van der Waals surface area (Å²) in [7, 11) is -1.55. The van der Waals surface area contributed by atoms with E-state index in [2.05, 4.69) is 20.7 Å². The summed E-state index contributed by atoms with van der Waals surface area (Å²) in [5, 5.41) is 0. The van der Waals surface area contributed by atoms with Gasteiger partial charge in [-0.05, 0) is 42.8 Å². The van der Waals surface area contributed by atoms with Crippen molar-refractivity contribution in [2.24, 2.45) is 5.73 Å². The van der Waals surface area contributed by atoms with Crippen LogP contribution in [-0.4, -0.2) is 21.5 Å². The number of amides is 1. The minimum absolute atomic E-state index is 0.0437. The lowest BCUT2D eigenvalue weighted by Crippen LogP contribution is -2.57. The minimum Gasteiger partial charge on any atom is -0.490 e. The first-order valence-corrected chi connectivity index (χ1v) is 8.65. The van der Waals surface area contributed by atoms with Gasteiger partial charge in [0.25, 0.3) is 0 Å². The van der Waals surface area contributed by atoms with Crippen LogP contribution in [0.2, 0.25) is 0 Å². The van der Waals surface area contributed by atoms with Gasteiger partial charge in [-0.2, -0.15) is 0 Å². The standard InChI is InChI=1S/C14H18BrFN2O3S/c1-13(2,3)22(20)18-14(12(17)19)6-7-21-11-8(14)4-5-9(15)10(11)16/h4-5,18H,6-7H2,1-3H3,(H2,17,19). The average molecular weight is 393 g/mol. The van der Waals surface area contributed by atoms with Crippen molar-refractivity contribution in [2.45, 2.75) is 37.5 Å². The molecule has 0 fully saturated rings. The zero-order valence-electron chi connectivity index (χ0n) is 12.5. The van der Waals surface area contributed by atoms with Crippen LogP contribution < -0.4 is 15.2 Å². The maximum absolute atomic E-state index is 14.2. The lowest BCUT2D eigenvalue weighted by Gasteiger charge is -2.38. The van der Waals surface area contributed by atoms with E-state index in [1.54, 1.807) is 26.8 Å². The number of fused-ring (bicyclic) bond motifs is 1. The van der Waals surface area contributed by atoms with Crippen molar-refractivity contribution in [3.8, 4) is 5.75 Å². The summed E-state index contributed by atoms with van der Waals surface area (Å²) in [5.74, 6) is -1.36. The Balaban J connectivity index is 2.58. The molecule has 3 N–H and O–H groups in total. The van der Waals surface area contributed by atoms with Gasteiger partial charge in [-0.15, -0.1) is 0 Å². The van der Waals surface area contributed by atoms with Crippen molar-refractivity contribution >= 4 is 32.8 Å². The summed E-state index contributed by atoms with van der Waals surface area (Å²) in [6.07, 6.45) is 0.179. The highest BCUT2D eigenvalue weighted by atomic mass is 79.9. The lowest BCUT2D eigenvalue weighted by molar-refractivity contribution is -0.125. The number of nitrogens with two attached hydrogens (primary N) is 1. The number of hydrogen-bond acceptors (Lipinski definition) is 3. The Labute approximate surface area is 139 Å². The molecule has 2 atom stereocenters. The molecule has 8 heteroatoms. The minimum atomic E-state index is -1.55. The third-order valence-electron chi connectivity index (χ3n) is 3.48. The number of benzene rings is 1. The van der Waals surface area contributed by atoms with Crippen molar-refractivity contribution in [3.05, 3.63) is 28.0 Å². The Morgan fingerprint density at radius 2 is 2.14 bits per heavy atom. The second-order valence-electron chi connectivity index (χ2n) is 6.09. The number of halogens is 2. The quantitative estimate of drug-likeness (QED) is 0.826. The molecule has 122 valence electrons. The molecule has 22 heavy (non-hydrogen) atoms. The predicted molar refractivity (Wildman–Crippen MR) is 86.1 cm³/mol. The molecule has 1 aliphatic rings. The molecule has 1 aromatic carbocycles. The molecule has 1 amide bonds. The first-order chi connectivity index (χ1) is 10.1. The second-order valence-corrected chi connectivity index (χ2v) is 8.91. The SMILES string of the molecule is CC(C)(C)S(=O)NC1(C(N)=O)CCOc2c1ccc(Br)c2F. The van der Waals surface area contributed by atoms with Crippen LogP contribution in [-0.2, 0) is 21.3 Å². The molecule has 0 radical (unpaired) electrons. The van der Waals surface area contributed by atoms with Crippen LogP contribution in [0.4, 0.5) is 4.39 Å². The summed E-state index contributed by atoms with van der Waals surface area (Å²) >= 11 is 3.08. The molecule has 1 aromatic rings. The third kappa shape index (κ3) is 2.91. The maximum Gasteiger partial charge on any atom is 0.243 e. The number of carbonyl (C=O) groups excluding carboxylic acids is 1. The number of hydrogen-bond donors (Lipinski definition) is 2. The smallest absolute Gasteiger partial charge is 0.243 e. The Bertz CT molecular complexity index is 648. The normalized spacial score (nSPS) is 22.6. The first-order valence-electron chi connectivity index (χ1n) is 6.70. The molecule has 0 bridgehead atoms. The van der Waals surface area contributed by atoms with Crippen molar-refractivity contribution in [1.82, 2.24) is 4.72 Å². The van der Waals surface area contributed by atoms with Gasteiger partial charge in [0, 0.05) is 12.0 Å². The van der Waals surface area contributed by atoms with Gasteiger partial charge in [-0.3, -0.25) is 4.79 Å². The Kier molecular flexibility index (Phi) is 4.66. The maximum atomic E-state index is 14.2. The van der Waals surface area contributed by atoms with E-state index in [0.717, 1.165) is 0 Å². The van der Waals surface area contributed by atoms with Gasteiger partial charge in [0.1, 0.15) is 5.54 Å². The molecular weight excluding hydrogens is 375 g/mol. The van der Waals surface area contributed by atoms with Crippen LogP contribution in [0.3, 0.4) is 0 Å². The van der Waals surface area contributed by atoms with Gasteiger partial charge >= 0.3 is 0 Å². The van der Waals surface area contributed by atoms with Crippen LogP contribution in [0.5, 0.6) is 5.75 Å². The average Bonchev–Trinajstić information content (AvgIpc) is 2.42. The molecule has 0 spiro atoms. The summed E-state index contributed by atoms with van der Waals surface area (Å²) in [5.41, 5.74) is 4.42. The predicted octanol–water partition coefficient (Wildman–Crippen LogP) is 2.10. The number of nitrogens with one attached hydrogen (secondary N) is 1. The Morgan fingerprint density at radius 1 is 1.50 bits per heavy atom. The summed E-state index contributed by atoms with van der Waals surface area (Å²) in [6.45, 7) is 5.41. The first kappa shape index (κ1) is 17.4. The largest absolute Gasteiger partial charge is 0.490 e. The van der Waals surface area contributed by atoms with Crippen molar-refractivity contribution in [3.63, 3.8) is 0 Å². The Hall–Kier alpha value is -0.990.